The molecule has 4 fully saturated rings. The molecule has 4 heterocycles. The summed E-state index contributed by atoms with van der Waals surface area (Å²) in [4.78, 5) is 37.8. The van der Waals surface area contributed by atoms with E-state index in [0.29, 0.717) is 106 Å². The fourth-order valence-corrected chi connectivity index (χ4v) is 9.93. The van der Waals surface area contributed by atoms with Crippen LogP contribution >= 0.6 is 34.5 Å². The van der Waals surface area contributed by atoms with Crippen LogP contribution in [0.15, 0.2) is 54.7 Å². The average Bonchev–Trinajstić information content (AvgIpc) is 3.82. The van der Waals surface area contributed by atoms with E-state index >= 15 is 0 Å². The largest absolute Gasteiger partial charge is 0.481 e. The summed E-state index contributed by atoms with van der Waals surface area (Å²) in [5.41, 5.74) is 3.77. The number of hydrogen-bond acceptors (Lipinski definition) is 10. The number of benzene rings is 2. The Kier molecular flexibility index (Phi) is 11.1. The molecule has 0 unspecified atom stereocenters. The van der Waals surface area contributed by atoms with E-state index in [4.69, 9.17) is 37.9 Å². The zero-order chi connectivity index (χ0) is 39.9. The highest BCUT2D eigenvalue weighted by molar-refractivity contribution is 7.18. The summed E-state index contributed by atoms with van der Waals surface area (Å²) in [6.07, 6.45) is 7.54. The number of carboxylic acids is 1. The number of thiazole rings is 1. The number of aromatic nitrogens is 3. The first-order valence-electron chi connectivity index (χ1n) is 19.0. The number of pyridine rings is 2. The second-order valence-corrected chi connectivity index (χ2v) is 17.0. The Balaban J connectivity index is 1.01. The third-order valence-electron chi connectivity index (χ3n) is 11.8. The van der Waals surface area contributed by atoms with Gasteiger partial charge in [0.05, 0.1) is 31.5 Å². The second kappa shape index (κ2) is 16.1. The molecule has 1 atom stereocenters. The van der Waals surface area contributed by atoms with Crippen LogP contribution in [0.25, 0.3) is 32.6 Å². The van der Waals surface area contributed by atoms with Gasteiger partial charge in [0, 0.05) is 77.8 Å². The number of halogens is 4. The Morgan fingerprint density at radius 1 is 1.02 bits per heavy atom. The van der Waals surface area contributed by atoms with Crippen LogP contribution in [-0.2, 0) is 22.7 Å². The molecule has 4 aliphatic rings. The molecule has 11 nitrogen and oxygen atoms in total. The number of hydrogen-bond donors (Lipinski definition) is 5. The van der Waals surface area contributed by atoms with E-state index in [0.717, 1.165) is 29.0 Å². The van der Waals surface area contributed by atoms with E-state index in [1.807, 2.05) is 30.3 Å². The minimum atomic E-state index is -3.05. The van der Waals surface area contributed by atoms with Gasteiger partial charge in [0.1, 0.15) is 16.3 Å². The molecular weight excluding hydrogens is 795 g/mol. The van der Waals surface area contributed by atoms with Crippen molar-refractivity contribution in [3.8, 4) is 28.1 Å². The SMILES string of the molecule is Cc1nc(-c2cccc(-c3cccc(Nc4nccc5sc(CNC67CCC(C(=O)O)(CC6)CC7)nc45)c3Cl)c2Cl)cc(OC(F)F)c1CNC[C@@H]1CCC(=O)N1. The summed E-state index contributed by atoms with van der Waals surface area (Å²) in [6, 6.07) is 14.3. The van der Waals surface area contributed by atoms with E-state index in [2.05, 4.69) is 26.3 Å². The van der Waals surface area contributed by atoms with Crippen LogP contribution in [0.5, 0.6) is 5.75 Å². The van der Waals surface area contributed by atoms with Crippen molar-refractivity contribution in [1.29, 1.82) is 0 Å². The fourth-order valence-electron chi connectivity index (χ4n) is 8.43. The topological polar surface area (TPSA) is 150 Å². The summed E-state index contributed by atoms with van der Waals surface area (Å²) in [5.74, 6) is -0.136. The summed E-state index contributed by atoms with van der Waals surface area (Å²) in [7, 11) is 0. The van der Waals surface area contributed by atoms with Gasteiger partial charge in [0.25, 0.3) is 0 Å². The van der Waals surface area contributed by atoms with Crippen LogP contribution in [0, 0.1) is 12.3 Å². The van der Waals surface area contributed by atoms with Crippen molar-refractivity contribution in [2.75, 3.05) is 11.9 Å². The summed E-state index contributed by atoms with van der Waals surface area (Å²) >= 11 is 15.8. The molecule has 5 N–H and O–H groups in total. The van der Waals surface area contributed by atoms with Crippen molar-refractivity contribution in [2.45, 2.75) is 89.6 Å². The van der Waals surface area contributed by atoms with Gasteiger partial charge in [-0.3, -0.25) is 14.6 Å². The molecule has 3 saturated carbocycles. The van der Waals surface area contributed by atoms with E-state index in [1.54, 1.807) is 36.6 Å². The van der Waals surface area contributed by atoms with Crippen LogP contribution in [0.1, 0.15) is 67.6 Å². The van der Waals surface area contributed by atoms with Crippen LogP contribution in [0.3, 0.4) is 0 Å². The molecular formula is C41H41Cl2F2N7O4S. The molecule has 57 heavy (non-hydrogen) atoms. The van der Waals surface area contributed by atoms with Gasteiger partial charge in [-0.25, -0.2) is 9.97 Å². The number of ether oxygens (including phenoxy) is 1. The van der Waals surface area contributed by atoms with E-state index in [1.165, 1.54) is 6.07 Å². The number of nitrogens with one attached hydrogen (secondary N) is 4. The lowest BCUT2D eigenvalue weighted by Crippen LogP contribution is -2.56. The van der Waals surface area contributed by atoms with Crippen molar-refractivity contribution in [1.82, 2.24) is 30.9 Å². The van der Waals surface area contributed by atoms with Gasteiger partial charge in [-0.15, -0.1) is 11.3 Å². The molecule has 2 bridgehead atoms. The smallest absolute Gasteiger partial charge is 0.387 e. The fraction of sp³-hybridized carbons (Fsp3) is 0.390. The first-order chi connectivity index (χ1) is 27.4. The molecule has 5 aromatic rings. The number of carbonyl (C=O) groups excluding carboxylic acids is 1. The summed E-state index contributed by atoms with van der Waals surface area (Å²) < 4.78 is 33.2. The number of fused-ring (bicyclic) bond motifs is 4. The number of carbonyl (C=O) groups is 2. The first-order valence-corrected chi connectivity index (χ1v) is 20.5. The minimum Gasteiger partial charge on any atom is -0.481 e. The minimum absolute atomic E-state index is 0.000445. The van der Waals surface area contributed by atoms with E-state index in [-0.39, 0.29) is 29.8 Å². The van der Waals surface area contributed by atoms with Gasteiger partial charge in [0.15, 0.2) is 5.82 Å². The predicted octanol–water partition coefficient (Wildman–Crippen LogP) is 9.02. The molecule has 298 valence electrons. The van der Waals surface area contributed by atoms with Gasteiger partial charge in [-0.2, -0.15) is 8.78 Å². The van der Waals surface area contributed by atoms with Gasteiger partial charge in [-0.05, 0) is 64.0 Å². The maximum absolute atomic E-state index is 13.6. The zero-order valence-electron chi connectivity index (χ0n) is 31.1. The number of carboxylic acid groups (broad SMARTS) is 1. The number of aryl methyl sites for hydroxylation is 1. The van der Waals surface area contributed by atoms with Crippen molar-refractivity contribution >= 4 is 68.1 Å². The highest BCUT2D eigenvalue weighted by atomic mass is 35.5. The number of amides is 1. The number of aliphatic carboxylic acids is 1. The number of anilines is 2. The van der Waals surface area contributed by atoms with Gasteiger partial charge < -0.3 is 31.1 Å². The molecule has 0 spiro atoms. The molecule has 1 saturated heterocycles. The lowest BCUT2D eigenvalue weighted by molar-refractivity contribution is -0.156. The van der Waals surface area contributed by atoms with Crippen LogP contribution in [-0.4, -0.2) is 56.7 Å². The molecule has 2 aromatic carbocycles. The third-order valence-corrected chi connectivity index (χ3v) is 13.6. The van der Waals surface area contributed by atoms with Crippen LogP contribution in [0.2, 0.25) is 10.0 Å². The Morgan fingerprint density at radius 3 is 2.44 bits per heavy atom. The highest BCUT2D eigenvalue weighted by Crippen LogP contribution is 2.52. The Bertz CT molecular complexity index is 2340. The molecule has 3 aliphatic carbocycles. The highest BCUT2D eigenvalue weighted by Gasteiger charge is 2.52. The lowest BCUT2D eigenvalue weighted by atomic mass is 9.57. The average molecular weight is 837 g/mol. The van der Waals surface area contributed by atoms with E-state index in [9.17, 15) is 23.5 Å². The zero-order valence-corrected chi connectivity index (χ0v) is 33.4. The van der Waals surface area contributed by atoms with Crippen LogP contribution < -0.4 is 26.0 Å². The Labute approximate surface area is 342 Å². The predicted molar refractivity (Wildman–Crippen MR) is 217 cm³/mol. The monoisotopic (exact) mass is 835 g/mol. The molecule has 16 heteroatoms. The van der Waals surface area contributed by atoms with Crippen molar-refractivity contribution in [3.05, 3.63) is 81.0 Å². The number of alkyl halides is 2. The van der Waals surface area contributed by atoms with Gasteiger partial charge in [0.2, 0.25) is 5.91 Å². The number of rotatable bonds is 14. The lowest BCUT2D eigenvalue weighted by Gasteiger charge is -2.51. The maximum Gasteiger partial charge on any atom is 0.387 e. The molecule has 1 amide bonds. The van der Waals surface area contributed by atoms with Gasteiger partial charge >= 0.3 is 12.6 Å². The normalized spacial score (nSPS) is 21.6. The maximum atomic E-state index is 13.6. The van der Waals surface area contributed by atoms with Gasteiger partial charge in [-0.1, -0.05) is 53.5 Å². The van der Waals surface area contributed by atoms with Crippen LogP contribution in [0.4, 0.5) is 20.3 Å². The first kappa shape index (κ1) is 39.4. The quantitative estimate of drug-likeness (QED) is 0.0734. The molecule has 0 radical (unpaired) electrons. The van der Waals surface area contributed by atoms with Crippen molar-refractivity contribution < 1.29 is 28.2 Å². The molecule has 1 aliphatic heterocycles. The Morgan fingerprint density at radius 2 is 1.74 bits per heavy atom. The summed E-state index contributed by atoms with van der Waals surface area (Å²) in [6.45, 7) is -0.0433. The van der Waals surface area contributed by atoms with E-state index < -0.39 is 18.0 Å². The summed E-state index contributed by atoms with van der Waals surface area (Å²) in [5, 5.41) is 24.7. The third kappa shape index (κ3) is 8.02. The van der Waals surface area contributed by atoms with Crippen molar-refractivity contribution in [2.24, 2.45) is 5.41 Å². The second-order valence-electron chi connectivity index (χ2n) is 15.2. The van der Waals surface area contributed by atoms with Crippen molar-refractivity contribution in [3.63, 3.8) is 0 Å². The Hall–Kier alpha value is -4.47. The number of nitrogens with zero attached hydrogens (tertiary/aromatic N) is 3. The standard InChI is InChI=1S/C41H41Cl2F2N7O4S/c1-22-27(20-46-19-23-8-9-32(53)50-23)30(56-39(44)45)18-29(49-22)26-6-2-4-24(34(26)42)25-5-3-7-28(35(25)43)51-37-36-31(10-17-47-37)57-33(52-36)21-48-41-14-11-40(12-15-41,13-16-41)38(54)55/h2-7,10,17-18,23,39,46,48H,8-9,11-16,19-21H2,1H3,(H,47,51)(H,50,53)(H,54,55)/t23-,40?,41?/m0/s1. The molecule has 3 aromatic heterocycles. The molecule has 9 rings (SSSR count).